The first-order chi connectivity index (χ1) is 13.0. The van der Waals surface area contributed by atoms with Crippen LogP contribution in [-0.4, -0.2) is 27.8 Å². The fourth-order valence-electron chi connectivity index (χ4n) is 2.55. The van der Waals surface area contributed by atoms with Gasteiger partial charge in [-0.25, -0.2) is 4.98 Å². The smallest absolute Gasteiger partial charge is 0.266 e. The Kier molecular flexibility index (Phi) is 6.19. The molecule has 0 unspecified atom stereocenters. The molecule has 1 N–H and O–H groups in total. The number of hydrogen-bond acceptors (Lipinski definition) is 4. The summed E-state index contributed by atoms with van der Waals surface area (Å²) < 4.78 is 1.48. The first kappa shape index (κ1) is 19.5. The van der Waals surface area contributed by atoms with Gasteiger partial charge in [0, 0.05) is 6.54 Å². The standard InChI is InChI=1S/C20H20ClN3O2S/c1-13(2)11-22-18(25)12-27-20-23-16-9-5-3-7-14(16)19(26)24(20)17-10-6-4-8-15(17)21/h3-10,13H,11-12H2,1-2H3,(H,22,25). The highest BCUT2D eigenvalue weighted by Crippen LogP contribution is 2.25. The summed E-state index contributed by atoms with van der Waals surface area (Å²) in [6, 6.07) is 14.3. The fourth-order valence-corrected chi connectivity index (χ4v) is 3.61. The average molecular weight is 402 g/mol. The Labute approximate surface area is 166 Å². The minimum Gasteiger partial charge on any atom is -0.355 e. The fraction of sp³-hybridized carbons (Fsp3) is 0.250. The quantitative estimate of drug-likeness (QED) is 0.502. The molecule has 1 amide bonds. The average Bonchev–Trinajstić information content (AvgIpc) is 2.66. The molecule has 0 saturated heterocycles. The van der Waals surface area contributed by atoms with Crippen LogP contribution in [0.5, 0.6) is 0 Å². The number of hydrogen-bond donors (Lipinski definition) is 1. The highest BCUT2D eigenvalue weighted by atomic mass is 35.5. The summed E-state index contributed by atoms with van der Waals surface area (Å²) >= 11 is 7.55. The molecule has 0 aliphatic rings. The van der Waals surface area contributed by atoms with Crippen molar-refractivity contribution in [1.82, 2.24) is 14.9 Å². The van der Waals surface area contributed by atoms with Gasteiger partial charge in [0.05, 0.1) is 27.4 Å². The van der Waals surface area contributed by atoms with E-state index in [1.54, 1.807) is 36.4 Å². The second-order valence-electron chi connectivity index (χ2n) is 6.49. The molecule has 0 fully saturated rings. The van der Waals surface area contributed by atoms with Crippen molar-refractivity contribution in [3.8, 4) is 5.69 Å². The van der Waals surface area contributed by atoms with Crippen LogP contribution in [0.3, 0.4) is 0 Å². The number of aromatic nitrogens is 2. The molecule has 140 valence electrons. The van der Waals surface area contributed by atoms with E-state index in [0.717, 1.165) is 0 Å². The van der Waals surface area contributed by atoms with Crippen LogP contribution in [0.2, 0.25) is 5.02 Å². The molecule has 0 atom stereocenters. The van der Waals surface area contributed by atoms with Crippen LogP contribution in [-0.2, 0) is 4.79 Å². The summed E-state index contributed by atoms with van der Waals surface area (Å²) in [5.74, 6) is 0.447. The highest BCUT2D eigenvalue weighted by molar-refractivity contribution is 7.99. The number of thioether (sulfide) groups is 1. The van der Waals surface area contributed by atoms with E-state index in [-0.39, 0.29) is 17.2 Å². The first-order valence-corrected chi connectivity index (χ1v) is 10.00. The van der Waals surface area contributed by atoms with Crippen LogP contribution in [0.15, 0.2) is 58.5 Å². The molecule has 7 heteroatoms. The van der Waals surface area contributed by atoms with Crippen molar-refractivity contribution in [3.05, 3.63) is 63.9 Å². The van der Waals surface area contributed by atoms with Crippen molar-refractivity contribution in [3.63, 3.8) is 0 Å². The second kappa shape index (κ2) is 8.59. The van der Waals surface area contributed by atoms with Gasteiger partial charge in [0.1, 0.15) is 0 Å². The number of carbonyl (C=O) groups is 1. The van der Waals surface area contributed by atoms with E-state index in [1.165, 1.54) is 16.3 Å². The van der Waals surface area contributed by atoms with Gasteiger partial charge in [0.15, 0.2) is 5.16 Å². The first-order valence-electron chi connectivity index (χ1n) is 8.63. The Morgan fingerprint density at radius 2 is 1.89 bits per heavy atom. The van der Waals surface area contributed by atoms with Crippen LogP contribution in [0, 0.1) is 5.92 Å². The molecule has 0 bridgehead atoms. The molecule has 0 aliphatic carbocycles. The minimum atomic E-state index is -0.209. The van der Waals surface area contributed by atoms with E-state index >= 15 is 0 Å². The SMILES string of the molecule is CC(C)CNC(=O)CSc1nc2ccccc2c(=O)n1-c1ccccc1Cl. The number of fused-ring (bicyclic) bond motifs is 1. The number of rotatable bonds is 6. The lowest BCUT2D eigenvalue weighted by atomic mass is 10.2. The zero-order valence-electron chi connectivity index (χ0n) is 15.1. The zero-order valence-corrected chi connectivity index (χ0v) is 16.7. The van der Waals surface area contributed by atoms with E-state index in [0.29, 0.717) is 39.2 Å². The molecule has 1 aromatic heterocycles. The van der Waals surface area contributed by atoms with E-state index in [2.05, 4.69) is 10.3 Å². The molecule has 5 nitrogen and oxygen atoms in total. The van der Waals surface area contributed by atoms with Crippen molar-refractivity contribution in [1.29, 1.82) is 0 Å². The van der Waals surface area contributed by atoms with E-state index in [9.17, 15) is 9.59 Å². The van der Waals surface area contributed by atoms with Gasteiger partial charge in [-0.2, -0.15) is 0 Å². The van der Waals surface area contributed by atoms with Crippen LogP contribution in [0.1, 0.15) is 13.8 Å². The molecule has 0 saturated carbocycles. The number of nitrogens with one attached hydrogen (secondary N) is 1. The molecule has 0 spiro atoms. The molecule has 0 aliphatic heterocycles. The lowest BCUT2D eigenvalue weighted by molar-refractivity contribution is -0.118. The van der Waals surface area contributed by atoms with Crippen LogP contribution in [0.25, 0.3) is 16.6 Å². The van der Waals surface area contributed by atoms with Gasteiger partial charge in [0.2, 0.25) is 5.91 Å². The van der Waals surface area contributed by atoms with Crippen molar-refractivity contribution in [2.24, 2.45) is 5.92 Å². The van der Waals surface area contributed by atoms with Crippen molar-refractivity contribution >= 4 is 40.2 Å². The molecule has 0 radical (unpaired) electrons. The molecular weight excluding hydrogens is 382 g/mol. The number of amides is 1. The Hall–Kier alpha value is -2.31. The Bertz CT molecular complexity index is 1030. The molecular formula is C20H20ClN3O2S. The summed E-state index contributed by atoms with van der Waals surface area (Å²) in [6.45, 7) is 4.68. The summed E-state index contributed by atoms with van der Waals surface area (Å²) in [4.78, 5) is 29.8. The summed E-state index contributed by atoms with van der Waals surface area (Å²) in [6.07, 6.45) is 0. The maximum atomic E-state index is 13.1. The van der Waals surface area contributed by atoms with Gasteiger partial charge < -0.3 is 5.32 Å². The zero-order chi connectivity index (χ0) is 19.4. The lowest BCUT2D eigenvalue weighted by Crippen LogP contribution is -2.29. The predicted octanol–water partition coefficient (Wildman–Crippen LogP) is 3.90. The maximum Gasteiger partial charge on any atom is 0.266 e. The van der Waals surface area contributed by atoms with Gasteiger partial charge >= 0.3 is 0 Å². The Balaban J connectivity index is 2.03. The maximum absolute atomic E-state index is 13.1. The molecule has 2 aromatic carbocycles. The predicted molar refractivity (Wildman–Crippen MR) is 111 cm³/mol. The third kappa shape index (κ3) is 4.51. The lowest BCUT2D eigenvalue weighted by Gasteiger charge is -2.14. The van der Waals surface area contributed by atoms with E-state index < -0.39 is 0 Å². The van der Waals surface area contributed by atoms with Crippen LogP contribution >= 0.6 is 23.4 Å². The van der Waals surface area contributed by atoms with Crippen molar-refractivity contribution < 1.29 is 4.79 Å². The Morgan fingerprint density at radius 3 is 2.63 bits per heavy atom. The Morgan fingerprint density at radius 1 is 1.19 bits per heavy atom. The third-order valence-corrected chi connectivity index (χ3v) is 5.14. The number of para-hydroxylation sites is 2. The van der Waals surface area contributed by atoms with Gasteiger partial charge in [0.25, 0.3) is 5.56 Å². The van der Waals surface area contributed by atoms with Crippen LogP contribution in [0.4, 0.5) is 0 Å². The van der Waals surface area contributed by atoms with Gasteiger partial charge in [-0.05, 0) is 30.2 Å². The van der Waals surface area contributed by atoms with Gasteiger partial charge in [-0.3, -0.25) is 14.2 Å². The third-order valence-electron chi connectivity index (χ3n) is 3.88. The second-order valence-corrected chi connectivity index (χ2v) is 7.84. The largest absolute Gasteiger partial charge is 0.355 e. The number of carbonyl (C=O) groups excluding carboxylic acids is 1. The summed E-state index contributed by atoms with van der Waals surface area (Å²) in [5, 5.41) is 4.26. The van der Waals surface area contributed by atoms with Gasteiger partial charge in [-0.15, -0.1) is 0 Å². The van der Waals surface area contributed by atoms with Crippen molar-refractivity contribution in [2.75, 3.05) is 12.3 Å². The van der Waals surface area contributed by atoms with E-state index in [4.69, 9.17) is 11.6 Å². The minimum absolute atomic E-state index is 0.0955. The number of nitrogens with zero attached hydrogens (tertiary/aromatic N) is 2. The monoisotopic (exact) mass is 401 g/mol. The molecule has 3 rings (SSSR count). The van der Waals surface area contributed by atoms with Gasteiger partial charge in [-0.1, -0.05) is 61.5 Å². The summed E-state index contributed by atoms with van der Waals surface area (Å²) in [5.41, 5.74) is 0.933. The molecule has 27 heavy (non-hydrogen) atoms. The highest BCUT2D eigenvalue weighted by Gasteiger charge is 2.16. The molecule has 1 heterocycles. The normalized spacial score (nSPS) is 11.1. The van der Waals surface area contributed by atoms with Crippen molar-refractivity contribution in [2.45, 2.75) is 19.0 Å². The topological polar surface area (TPSA) is 64.0 Å². The summed E-state index contributed by atoms with van der Waals surface area (Å²) in [7, 11) is 0. The number of halogens is 1. The molecule has 3 aromatic rings. The van der Waals surface area contributed by atoms with Crippen LogP contribution < -0.4 is 10.9 Å². The van der Waals surface area contributed by atoms with E-state index in [1.807, 2.05) is 26.0 Å². The number of benzene rings is 2.